The zero-order valence-electron chi connectivity index (χ0n) is 15.3. The van der Waals surface area contributed by atoms with Gasteiger partial charge in [-0.25, -0.2) is 4.98 Å². The molecule has 0 aliphatic carbocycles. The van der Waals surface area contributed by atoms with Crippen molar-refractivity contribution in [3.05, 3.63) is 71.0 Å². The van der Waals surface area contributed by atoms with E-state index in [1.807, 2.05) is 31.2 Å². The highest BCUT2D eigenvalue weighted by Gasteiger charge is 2.13. The number of carbonyl (C=O) groups excluding carboxylic acids is 2. The van der Waals surface area contributed by atoms with Crippen molar-refractivity contribution < 1.29 is 9.59 Å². The summed E-state index contributed by atoms with van der Waals surface area (Å²) >= 11 is 6.02. The lowest BCUT2D eigenvalue weighted by Gasteiger charge is -2.10. The molecule has 2 amide bonds. The van der Waals surface area contributed by atoms with Gasteiger partial charge in [0.2, 0.25) is 5.91 Å². The molecule has 0 atom stereocenters. The number of fused-ring (bicyclic) bond motifs is 1. The van der Waals surface area contributed by atoms with Crippen LogP contribution < -0.4 is 10.6 Å². The maximum atomic E-state index is 12.3. The van der Waals surface area contributed by atoms with Crippen LogP contribution in [0, 0.1) is 0 Å². The van der Waals surface area contributed by atoms with Gasteiger partial charge in [-0.05, 0) is 42.8 Å². The van der Waals surface area contributed by atoms with E-state index in [2.05, 4.69) is 20.6 Å². The van der Waals surface area contributed by atoms with E-state index in [1.54, 1.807) is 30.5 Å². The number of carbonyl (C=O) groups is 2. The Morgan fingerprint density at radius 1 is 1.14 bits per heavy atom. The molecular weight excluding hydrogens is 376 g/mol. The highest BCUT2D eigenvalue weighted by atomic mass is 35.5. The summed E-state index contributed by atoms with van der Waals surface area (Å²) in [4.78, 5) is 33.3. The van der Waals surface area contributed by atoms with E-state index in [0.717, 1.165) is 17.5 Å². The molecule has 3 rings (SSSR count). The second kappa shape index (κ2) is 9.10. The van der Waals surface area contributed by atoms with Crippen molar-refractivity contribution in [3.8, 4) is 0 Å². The second-order valence-electron chi connectivity index (χ2n) is 6.05. The number of para-hydroxylation sites is 2. The smallest absolute Gasteiger partial charge is 0.253 e. The van der Waals surface area contributed by atoms with Crippen LogP contribution in [0.4, 0.5) is 5.69 Å². The first-order valence-electron chi connectivity index (χ1n) is 8.85. The molecule has 0 saturated carbocycles. The largest absolute Gasteiger partial charge is 0.352 e. The molecule has 0 saturated heterocycles. The molecular formula is C21H19ClN4O2. The second-order valence-corrected chi connectivity index (χ2v) is 6.49. The number of benzene rings is 2. The molecule has 0 aliphatic heterocycles. The number of aromatic nitrogens is 2. The van der Waals surface area contributed by atoms with Crippen molar-refractivity contribution in [3.63, 3.8) is 0 Å². The Balaban J connectivity index is 1.75. The van der Waals surface area contributed by atoms with Crippen LogP contribution in [0.25, 0.3) is 17.1 Å². The fraction of sp³-hybridized carbons (Fsp3) is 0.143. The highest BCUT2D eigenvalue weighted by Crippen LogP contribution is 2.21. The minimum absolute atomic E-state index is 0.266. The number of amides is 2. The summed E-state index contributed by atoms with van der Waals surface area (Å²) in [6, 6.07) is 12.2. The molecule has 7 heteroatoms. The zero-order chi connectivity index (χ0) is 19.9. The predicted octanol–water partition coefficient (Wildman–Crippen LogP) is 4.07. The third-order valence-electron chi connectivity index (χ3n) is 3.89. The van der Waals surface area contributed by atoms with Crippen LogP contribution in [0.3, 0.4) is 0 Å². The van der Waals surface area contributed by atoms with Gasteiger partial charge in [0.1, 0.15) is 0 Å². The Morgan fingerprint density at radius 2 is 1.93 bits per heavy atom. The summed E-state index contributed by atoms with van der Waals surface area (Å²) in [6.45, 7) is 2.51. The Kier molecular flexibility index (Phi) is 6.34. The van der Waals surface area contributed by atoms with Gasteiger partial charge in [0.25, 0.3) is 5.91 Å². The first kappa shape index (κ1) is 19.5. The SMILES string of the molecule is CCCNC(=O)c1ccc(Cl)cc1NC(=O)C=Cc1cnc2ccccc2n1. The topological polar surface area (TPSA) is 84.0 Å². The summed E-state index contributed by atoms with van der Waals surface area (Å²) in [5.74, 6) is -0.667. The molecule has 0 spiro atoms. The van der Waals surface area contributed by atoms with Crippen LogP contribution in [0.1, 0.15) is 29.4 Å². The standard InChI is InChI=1S/C21H19ClN4O2/c1-2-11-23-21(28)16-9-7-14(22)12-19(16)26-20(27)10-8-15-13-24-17-5-3-4-6-18(17)25-15/h3-10,12-13H,2,11H2,1H3,(H,23,28)(H,26,27). The molecule has 2 N–H and O–H groups in total. The van der Waals surface area contributed by atoms with Gasteiger partial charge in [0.05, 0.1) is 34.2 Å². The highest BCUT2D eigenvalue weighted by molar-refractivity contribution is 6.31. The van der Waals surface area contributed by atoms with Gasteiger partial charge in [0, 0.05) is 17.6 Å². The molecule has 1 aromatic heterocycles. The molecule has 0 radical (unpaired) electrons. The first-order chi connectivity index (χ1) is 13.6. The summed E-state index contributed by atoms with van der Waals surface area (Å²) in [5, 5.41) is 5.91. The van der Waals surface area contributed by atoms with E-state index in [4.69, 9.17) is 11.6 Å². The Labute approximate surface area is 167 Å². The van der Waals surface area contributed by atoms with Crippen LogP contribution in [0.15, 0.2) is 54.7 Å². The molecule has 2 aromatic carbocycles. The molecule has 142 valence electrons. The van der Waals surface area contributed by atoms with Crippen molar-refractivity contribution in [1.82, 2.24) is 15.3 Å². The van der Waals surface area contributed by atoms with E-state index in [1.165, 1.54) is 6.08 Å². The van der Waals surface area contributed by atoms with Crippen molar-refractivity contribution in [2.45, 2.75) is 13.3 Å². The lowest BCUT2D eigenvalue weighted by Crippen LogP contribution is -2.25. The quantitative estimate of drug-likeness (QED) is 0.617. The van der Waals surface area contributed by atoms with Crippen molar-refractivity contribution in [2.75, 3.05) is 11.9 Å². The lowest BCUT2D eigenvalue weighted by atomic mass is 10.1. The number of hydrogen-bond acceptors (Lipinski definition) is 4. The predicted molar refractivity (Wildman–Crippen MR) is 111 cm³/mol. The van der Waals surface area contributed by atoms with E-state index in [-0.39, 0.29) is 5.91 Å². The van der Waals surface area contributed by atoms with Crippen LogP contribution in [-0.4, -0.2) is 28.3 Å². The van der Waals surface area contributed by atoms with E-state index < -0.39 is 5.91 Å². The van der Waals surface area contributed by atoms with E-state index in [9.17, 15) is 9.59 Å². The van der Waals surface area contributed by atoms with Crippen LogP contribution in [-0.2, 0) is 4.79 Å². The molecule has 0 fully saturated rings. The number of halogens is 1. The minimum atomic E-state index is -0.401. The summed E-state index contributed by atoms with van der Waals surface area (Å²) in [5.41, 5.74) is 2.78. The average molecular weight is 395 g/mol. The van der Waals surface area contributed by atoms with Gasteiger partial charge >= 0.3 is 0 Å². The van der Waals surface area contributed by atoms with Gasteiger partial charge in [-0.1, -0.05) is 30.7 Å². The molecule has 28 heavy (non-hydrogen) atoms. The molecule has 0 bridgehead atoms. The fourth-order valence-electron chi connectivity index (χ4n) is 2.54. The Morgan fingerprint density at radius 3 is 2.71 bits per heavy atom. The first-order valence-corrected chi connectivity index (χ1v) is 9.23. The molecule has 6 nitrogen and oxygen atoms in total. The maximum absolute atomic E-state index is 12.3. The van der Waals surface area contributed by atoms with Gasteiger partial charge in [-0.3, -0.25) is 14.6 Å². The minimum Gasteiger partial charge on any atom is -0.352 e. The number of hydrogen-bond donors (Lipinski definition) is 2. The molecule has 0 aliphatic rings. The van der Waals surface area contributed by atoms with Crippen molar-refractivity contribution in [1.29, 1.82) is 0 Å². The molecule has 0 unspecified atom stereocenters. The van der Waals surface area contributed by atoms with E-state index in [0.29, 0.717) is 28.5 Å². The number of anilines is 1. The Hall–Kier alpha value is -3.25. The van der Waals surface area contributed by atoms with Gasteiger partial charge in [-0.2, -0.15) is 0 Å². The molecule has 1 heterocycles. The zero-order valence-corrected chi connectivity index (χ0v) is 16.0. The molecule has 3 aromatic rings. The van der Waals surface area contributed by atoms with Gasteiger partial charge in [0.15, 0.2) is 0 Å². The maximum Gasteiger partial charge on any atom is 0.253 e. The third kappa shape index (κ3) is 4.92. The Bertz CT molecular complexity index is 1050. The van der Waals surface area contributed by atoms with Crippen molar-refractivity contribution in [2.24, 2.45) is 0 Å². The lowest BCUT2D eigenvalue weighted by molar-refractivity contribution is -0.111. The summed E-state index contributed by atoms with van der Waals surface area (Å²) in [7, 11) is 0. The van der Waals surface area contributed by atoms with Gasteiger partial charge < -0.3 is 10.6 Å². The van der Waals surface area contributed by atoms with Crippen LogP contribution in [0.5, 0.6) is 0 Å². The van der Waals surface area contributed by atoms with Crippen LogP contribution >= 0.6 is 11.6 Å². The number of nitrogens with one attached hydrogen (secondary N) is 2. The normalized spacial score (nSPS) is 10.9. The third-order valence-corrected chi connectivity index (χ3v) is 4.13. The van der Waals surface area contributed by atoms with Crippen LogP contribution in [0.2, 0.25) is 5.02 Å². The van der Waals surface area contributed by atoms with E-state index >= 15 is 0 Å². The van der Waals surface area contributed by atoms with Gasteiger partial charge in [-0.15, -0.1) is 0 Å². The average Bonchev–Trinajstić information content (AvgIpc) is 2.70. The summed E-state index contributed by atoms with van der Waals surface area (Å²) < 4.78 is 0. The number of rotatable bonds is 6. The summed E-state index contributed by atoms with van der Waals surface area (Å²) in [6.07, 6.45) is 5.31. The monoisotopic (exact) mass is 394 g/mol. The van der Waals surface area contributed by atoms with Crippen molar-refractivity contribution >= 4 is 46.2 Å². The number of nitrogens with zero attached hydrogens (tertiary/aromatic N) is 2. The fourth-order valence-corrected chi connectivity index (χ4v) is 2.71.